The van der Waals surface area contributed by atoms with Crippen LogP contribution in [0.15, 0.2) is 41.2 Å². The molecular weight excluding hydrogens is 272 g/mol. The van der Waals surface area contributed by atoms with Gasteiger partial charge in [-0.25, -0.2) is 10.1 Å². The van der Waals surface area contributed by atoms with Crippen LogP contribution >= 0.6 is 11.3 Å². The summed E-state index contributed by atoms with van der Waals surface area (Å²) in [6.45, 7) is 2.03. The molecule has 0 aliphatic carbocycles. The van der Waals surface area contributed by atoms with Gasteiger partial charge in [-0.05, 0) is 13.0 Å². The summed E-state index contributed by atoms with van der Waals surface area (Å²) in [6, 6.07) is 11.2. The highest BCUT2D eigenvalue weighted by Gasteiger charge is 2.14. The highest BCUT2D eigenvalue weighted by Crippen LogP contribution is 2.36. The van der Waals surface area contributed by atoms with E-state index in [0.29, 0.717) is 10.8 Å². The number of anilines is 1. The molecule has 2 heterocycles. The van der Waals surface area contributed by atoms with Crippen LogP contribution in [0, 0.1) is 6.92 Å². The first-order chi connectivity index (χ1) is 9.63. The zero-order valence-electron chi connectivity index (χ0n) is 10.8. The molecule has 0 saturated carbocycles. The number of benzene rings is 1. The third kappa shape index (κ3) is 2.33. The van der Waals surface area contributed by atoms with E-state index < -0.39 is 0 Å². The lowest BCUT2D eigenvalue weighted by Crippen LogP contribution is -2.05. The molecular formula is C14H12N4OS. The van der Waals surface area contributed by atoms with Gasteiger partial charge in [0.15, 0.2) is 5.13 Å². The summed E-state index contributed by atoms with van der Waals surface area (Å²) in [6.07, 6.45) is 0. The molecule has 0 unspecified atom stereocenters. The van der Waals surface area contributed by atoms with Crippen molar-refractivity contribution in [3.05, 3.63) is 52.3 Å². The monoisotopic (exact) mass is 284 g/mol. The molecule has 0 spiro atoms. The van der Waals surface area contributed by atoms with Crippen LogP contribution in [0.4, 0.5) is 5.13 Å². The molecule has 0 fully saturated rings. The summed E-state index contributed by atoms with van der Waals surface area (Å²) in [5.41, 5.74) is 9.19. The van der Waals surface area contributed by atoms with E-state index in [4.69, 9.17) is 5.73 Å². The standard InChI is InChI=1S/C14H12N4OS/c1-8-2-4-9(5-3-8)12-13(20-14(15)16-12)10-6-7-11(19)18-17-10/h2-7H,1H3,(H2,15,16)(H,18,19). The van der Waals surface area contributed by atoms with E-state index in [1.165, 1.54) is 23.0 Å². The summed E-state index contributed by atoms with van der Waals surface area (Å²) < 4.78 is 0. The Hall–Kier alpha value is -2.47. The van der Waals surface area contributed by atoms with Crippen molar-refractivity contribution in [2.75, 3.05) is 5.73 Å². The van der Waals surface area contributed by atoms with E-state index in [-0.39, 0.29) is 5.56 Å². The van der Waals surface area contributed by atoms with Crippen molar-refractivity contribution in [3.63, 3.8) is 0 Å². The van der Waals surface area contributed by atoms with Gasteiger partial charge in [0.25, 0.3) is 5.56 Å². The third-order valence-electron chi connectivity index (χ3n) is 2.88. The summed E-state index contributed by atoms with van der Waals surface area (Å²) in [5, 5.41) is 6.95. The second-order valence-corrected chi connectivity index (χ2v) is 5.43. The van der Waals surface area contributed by atoms with Gasteiger partial charge in [-0.15, -0.1) is 0 Å². The van der Waals surface area contributed by atoms with Gasteiger partial charge in [0.1, 0.15) is 5.69 Å². The van der Waals surface area contributed by atoms with Crippen LogP contribution < -0.4 is 11.3 Å². The Labute approximate surface area is 119 Å². The smallest absolute Gasteiger partial charge is 0.264 e. The van der Waals surface area contributed by atoms with Crippen LogP contribution in [0.3, 0.4) is 0 Å². The number of nitrogen functional groups attached to an aromatic ring is 1. The Balaban J connectivity index is 2.15. The van der Waals surface area contributed by atoms with Crippen molar-refractivity contribution < 1.29 is 0 Å². The second-order valence-electron chi connectivity index (χ2n) is 4.40. The van der Waals surface area contributed by atoms with E-state index in [0.717, 1.165) is 16.1 Å². The van der Waals surface area contributed by atoms with Crippen molar-refractivity contribution in [2.24, 2.45) is 0 Å². The Morgan fingerprint density at radius 1 is 1.15 bits per heavy atom. The summed E-state index contributed by atoms with van der Waals surface area (Å²) in [7, 11) is 0. The average Bonchev–Trinajstić information content (AvgIpc) is 2.82. The molecule has 1 aromatic carbocycles. The molecule has 2 aromatic heterocycles. The maximum Gasteiger partial charge on any atom is 0.264 e. The number of hydrogen-bond acceptors (Lipinski definition) is 5. The number of thiazole rings is 1. The molecule has 0 aliphatic rings. The van der Waals surface area contributed by atoms with E-state index in [1.54, 1.807) is 6.07 Å². The maximum absolute atomic E-state index is 11.1. The van der Waals surface area contributed by atoms with Crippen molar-refractivity contribution >= 4 is 16.5 Å². The Morgan fingerprint density at radius 2 is 1.90 bits per heavy atom. The fraction of sp³-hybridized carbons (Fsp3) is 0.0714. The summed E-state index contributed by atoms with van der Waals surface area (Å²) >= 11 is 1.35. The maximum atomic E-state index is 11.1. The van der Waals surface area contributed by atoms with Crippen LogP contribution in [0.25, 0.3) is 21.8 Å². The number of nitrogens with two attached hydrogens (primary N) is 1. The minimum absolute atomic E-state index is 0.233. The molecule has 3 rings (SSSR count). The lowest BCUT2D eigenvalue weighted by Gasteiger charge is -2.02. The zero-order valence-corrected chi connectivity index (χ0v) is 11.6. The number of rotatable bonds is 2. The largest absolute Gasteiger partial charge is 0.375 e. The van der Waals surface area contributed by atoms with Gasteiger partial charge in [-0.1, -0.05) is 41.2 Å². The van der Waals surface area contributed by atoms with Gasteiger partial charge in [-0.3, -0.25) is 4.79 Å². The van der Waals surface area contributed by atoms with Crippen molar-refractivity contribution in [3.8, 4) is 21.8 Å². The second kappa shape index (κ2) is 4.90. The lowest BCUT2D eigenvalue weighted by atomic mass is 10.1. The van der Waals surface area contributed by atoms with Gasteiger partial charge in [0, 0.05) is 11.6 Å². The van der Waals surface area contributed by atoms with Gasteiger partial charge in [0.05, 0.1) is 10.6 Å². The van der Waals surface area contributed by atoms with Gasteiger partial charge in [-0.2, -0.15) is 5.10 Å². The number of H-pyrrole nitrogens is 1. The fourth-order valence-corrected chi connectivity index (χ4v) is 2.71. The first-order valence-corrected chi connectivity index (χ1v) is 6.84. The van der Waals surface area contributed by atoms with Crippen LogP contribution in [0.2, 0.25) is 0 Å². The highest BCUT2D eigenvalue weighted by atomic mass is 32.1. The predicted octanol–water partition coefficient (Wildman–Crippen LogP) is 2.45. The average molecular weight is 284 g/mol. The van der Waals surface area contributed by atoms with E-state index in [1.807, 2.05) is 31.2 Å². The molecule has 100 valence electrons. The normalized spacial score (nSPS) is 10.7. The molecule has 0 bridgehead atoms. The van der Waals surface area contributed by atoms with Crippen molar-refractivity contribution in [1.29, 1.82) is 0 Å². The van der Waals surface area contributed by atoms with Crippen molar-refractivity contribution in [1.82, 2.24) is 15.2 Å². The first kappa shape index (κ1) is 12.6. The minimum Gasteiger partial charge on any atom is -0.375 e. The molecule has 6 heteroatoms. The number of aryl methyl sites for hydroxylation is 1. The fourth-order valence-electron chi connectivity index (χ4n) is 1.89. The topological polar surface area (TPSA) is 84.7 Å². The third-order valence-corrected chi connectivity index (χ3v) is 3.79. The zero-order chi connectivity index (χ0) is 14.1. The van der Waals surface area contributed by atoms with Crippen molar-refractivity contribution in [2.45, 2.75) is 6.92 Å². The van der Waals surface area contributed by atoms with Crippen LogP contribution in [0.1, 0.15) is 5.56 Å². The minimum atomic E-state index is -0.233. The summed E-state index contributed by atoms with van der Waals surface area (Å²) in [5.74, 6) is 0. The summed E-state index contributed by atoms with van der Waals surface area (Å²) in [4.78, 5) is 16.3. The molecule has 0 aliphatic heterocycles. The van der Waals surface area contributed by atoms with Gasteiger partial charge < -0.3 is 5.73 Å². The SMILES string of the molecule is Cc1ccc(-c2nc(N)sc2-c2ccc(=O)[nH]n2)cc1. The number of nitrogens with zero attached hydrogens (tertiary/aromatic N) is 2. The molecule has 0 radical (unpaired) electrons. The number of nitrogens with one attached hydrogen (secondary N) is 1. The van der Waals surface area contributed by atoms with Crippen LogP contribution in [-0.4, -0.2) is 15.2 Å². The number of aromatic amines is 1. The molecule has 5 nitrogen and oxygen atoms in total. The van der Waals surface area contributed by atoms with E-state index in [9.17, 15) is 4.79 Å². The quantitative estimate of drug-likeness (QED) is 0.757. The Morgan fingerprint density at radius 3 is 2.55 bits per heavy atom. The van der Waals surface area contributed by atoms with E-state index in [2.05, 4.69) is 15.2 Å². The first-order valence-electron chi connectivity index (χ1n) is 6.03. The Bertz CT molecular complexity index is 784. The molecule has 20 heavy (non-hydrogen) atoms. The number of hydrogen-bond donors (Lipinski definition) is 2. The van der Waals surface area contributed by atoms with Gasteiger partial charge in [0.2, 0.25) is 0 Å². The predicted molar refractivity (Wildman–Crippen MR) is 80.6 cm³/mol. The number of aromatic nitrogens is 3. The molecule has 0 atom stereocenters. The van der Waals surface area contributed by atoms with Gasteiger partial charge >= 0.3 is 0 Å². The Kier molecular flexibility index (Phi) is 3.08. The van der Waals surface area contributed by atoms with Crippen LogP contribution in [0.5, 0.6) is 0 Å². The van der Waals surface area contributed by atoms with Crippen LogP contribution in [-0.2, 0) is 0 Å². The highest BCUT2D eigenvalue weighted by molar-refractivity contribution is 7.19. The van der Waals surface area contributed by atoms with E-state index >= 15 is 0 Å². The molecule has 0 amide bonds. The lowest BCUT2D eigenvalue weighted by molar-refractivity contribution is 0.997. The molecule has 3 aromatic rings. The molecule has 0 saturated heterocycles. The molecule has 3 N–H and O–H groups in total.